The summed E-state index contributed by atoms with van der Waals surface area (Å²) in [6, 6.07) is 0. The lowest BCUT2D eigenvalue weighted by Gasteiger charge is -2.32. The van der Waals surface area contributed by atoms with Crippen LogP contribution in [-0.2, 0) is 0 Å². The van der Waals surface area contributed by atoms with Crippen LogP contribution in [0.2, 0.25) is 0 Å². The summed E-state index contributed by atoms with van der Waals surface area (Å²) in [5, 5.41) is 9.12. The van der Waals surface area contributed by atoms with E-state index in [0.717, 1.165) is 19.3 Å². The number of hydrogen-bond acceptors (Lipinski definition) is 4. The highest BCUT2D eigenvalue weighted by Crippen LogP contribution is 2.32. The van der Waals surface area contributed by atoms with Gasteiger partial charge in [-0.1, -0.05) is 13.8 Å². The first-order valence-corrected chi connectivity index (χ1v) is 6.71. The highest BCUT2D eigenvalue weighted by atomic mass is 16.5. The van der Waals surface area contributed by atoms with Gasteiger partial charge in [-0.05, 0) is 38.0 Å². The summed E-state index contributed by atoms with van der Waals surface area (Å²) < 4.78 is 5.82. The van der Waals surface area contributed by atoms with Gasteiger partial charge in [-0.2, -0.15) is 4.98 Å². The Labute approximate surface area is 113 Å². The van der Waals surface area contributed by atoms with Crippen molar-refractivity contribution in [2.24, 2.45) is 11.8 Å². The second-order valence-corrected chi connectivity index (χ2v) is 5.45. The minimum absolute atomic E-state index is 0.0388. The number of carboxylic acid groups (broad SMARTS) is 1. The van der Waals surface area contributed by atoms with Crippen LogP contribution >= 0.6 is 0 Å². The Kier molecular flexibility index (Phi) is 4.02. The third-order valence-corrected chi connectivity index (χ3v) is 3.93. The Morgan fingerprint density at radius 3 is 2.74 bits per heavy atom. The molecule has 5 heteroatoms. The zero-order chi connectivity index (χ0) is 14.0. The fourth-order valence-electron chi connectivity index (χ4n) is 2.45. The van der Waals surface area contributed by atoms with Crippen LogP contribution in [0.15, 0.2) is 6.20 Å². The van der Waals surface area contributed by atoms with Gasteiger partial charge < -0.3 is 9.84 Å². The van der Waals surface area contributed by atoms with Crippen molar-refractivity contribution in [1.29, 1.82) is 0 Å². The summed E-state index contributed by atoms with van der Waals surface area (Å²) >= 11 is 0. The molecule has 0 bridgehead atoms. The molecular formula is C14H20N2O3. The number of aryl methyl sites for hydroxylation is 1. The number of aromatic carboxylic acids is 1. The van der Waals surface area contributed by atoms with Gasteiger partial charge in [0.15, 0.2) is 0 Å². The molecule has 1 saturated carbocycles. The quantitative estimate of drug-likeness (QED) is 0.908. The molecule has 5 nitrogen and oxygen atoms in total. The molecule has 0 amide bonds. The van der Waals surface area contributed by atoms with Crippen LogP contribution in [0.25, 0.3) is 0 Å². The van der Waals surface area contributed by atoms with E-state index in [2.05, 4.69) is 23.8 Å². The van der Waals surface area contributed by atoms with Gasteiger partial charge in [0.2, 0.25) is 5.88 Å². The average molecular weight is 264 g/mol. The predicted molar refractivity (Wildman–Crippen MR) is 70.3 cm³/mol. The van der Waals surface area contributed by atoms with Crippen LogP contribution in [-0.4, -0.2) is 27.1 Å². The number of aromatic nitrogens is 2. The van der Waals surface area contributed by atoms with E-state index in [4.69, 9.17) is 9.84 Å². The van der Waals surface area contributed by atoms with Gasteiger partial charge in [-0.25, -0.2) is 9.78 Å². The van der Waals surface area contributed by atoms with Crippen LogP contribution in [0.4, 0.5) is 0 Å². The Hall–Kier alpha value is -1.65. The van der Waals surface area contributed by atoms with E-state index in [-0.39, 0.29) is 17.5 Å². The summed E-state index contributed by atoms with van der Waals surface area (Å²) in [6.07, 6.45) is 4.38. The number of nitrogens with zero attached hydrogens (tertiary/aromatic N) is 2. The lowest BCUT2D eigenvalue weighted by atomic mass is 9.80. The number of carboxylic acids is 1. The molecule has 1 aromatic rings. The highest BCUT2D eigenvalue weighted by molar-refractivity contribution is 5.89. The lowest BCUT2D eigenvalue weighted by Crippen LogP contribution is -2.29. The topological polar surface area (TPSA) is 72.3 Å². The van der Waals surface area contributed by atoms with Gasteiger partial charge in [0.25, 0.3) is 0 Å². The van der Waals surface area contributed by atoms with Crippen molar-refractivity contribution in [3.8, 4) is 5.88 Å². The molecular weight excluding hydrogens is 244 g/mol. The first kappa shape index (κ1) is 13.8. The Morgan fingerprint density at radius 1 is 1.37 bits per heavy atom. The molecule has 0 spiro atoms. The zero-order valence-corrected chi connectivity index (χ0v) is 11.6. The largest absolute Gasteiger partial charge is 0.477 e. The molecule has 1 aliphatic carbocycles. The first-order chi connectivity index (χ1) is 8.97. The smallest absolute Gasteiger partial charge is 0.342 e. The van der Waals surface area contributed by atoms with Crippen LogP contribution in [0.1, 0.15) is 49.3 Å². The lowest BCUT2D eigenvalue weighted by molar-refractivity contribution is 0.0669. The van der Waals surface area contributed by atoms with Crippen molar-refractivity contribution in [2.45, 2.75) is 46.1 Å². The monoisotopic (exact) mass is 264 g/mol. The molecule has 0 aliphatic heterocycles. The van der Waals surface area contributed by atoms with Crippen molar-refractivity contribution >= 4 is 5.97 Å². The Balaban J connectivity index is 2.14. The second kappa shape index (κ2) is 5.55. The minimum Gasteiger partial charge on any atom is -0.477 e. The molecule has 1 aromatic heterocycles. The van der Waals surface area contributed by atoms with Gasteiger partial charge in [-0.3, -0.25) is 0 Å². The first-order valence-electron chi connectivity index (χ1n) is 6.71. The molecule has 1 fully saturated rings. The molecule has 19 heavy (non-hydrogen) atoms. The van der Waals surface area contributed by atoms with E-state index in [0.29, 0.717) is 17.7 Å². The molecule has 2 rings (SSSR count). The number of ether oxygens (including phenoxy) is 1. The summed E-state index contributed by atoms with van der Waals surface area (Å²) in [7, 11) is 0. The standard InChI is InChI=1S/C14H20N2O3/c1-8-4-5-11(6-9(8)2)19-13-12(14(17)18)7-15-10(3)16-13/h7-9,11H,4-6H2,1-3H3,(H,17,18). The van der Waals surface area contributed by atoms with E-state index in [1.165, 1.54) is 6.20 Å². The maximum absolute atomic E-state index is 11.1. The SMILES string of the molecule is Cc1ncc(C(=O)O)c(OC2CCC(C)C(C)C2)n1. The fourth-order valence-corrected chi connectivity index (χ4v) is 2.45. The minimum atomic E-state index is -1.05. The normalized spacial score (nSPS) is 27.0. The van der Waals surface area contributed by atoms with Gasteiger partial charge >= 0.3 is 5.97 Å². The second-order valence-electron chi connectivity index (χ2n) is 5.45. The van der Waals surface area contributed by atoms with Crippen molar-refractivity contribution in [1.82, 2.24) is 9.97 Å². The van der Waals surface area contributed by atoms with Gasteiger partial charge in [0.1, 0.15) is 17.5 Å². The maximum Gasteiger partial charge on any atom is 0.342 e. The molecule has 3 unspecified atom stereocenters. The third-order valence-electron chi connectivity index (χ3n) is 3.93. The van der Waals surface area contributed by atoms with Crippen molar-refractivity contribution < 1.29 is 14.6 Å². The number of carbonyl (C=O) groups is 1. The molecule has 104 valence electrons. The summed E-state index contributed by atoms with van der Waals surface area (Å²) in [5.41, 5.74) is 0.0388. The van der Waals surface area contributed by atoms with Crippen LogP contribution < -0.4 is 4.74 Å². The molecule has 1 N–H and O–H groups in total. The summed E-state index contributed by atoms with van der Waals surface area (Å²) in [5.74, 6) is 0.970. The molecule has 0 saturated heterocycles. The van der Waals surface area contributed by atoms with Crippen LogP contribution in [0, 0.1) is 18.8 Å². The summed E-state index contributed by atoms with van der Waals surface area (Å²) in [4.78, 5) is 19.2. The van der Waals surface area contributed by atoms with Gasteiger partial charge in [0, 0.05) is 6.20 Å². The van der Waals surface area contributed by atoms with E-state index in [1.54, 1.807) is 6.92 Å². The van der Waals surface area contributed by atoms with Crippen molar-refractivity contribution in [3.63, 3.8) is 0 Å². The summed E-state index contributed by atoms with van der Waals surface area (Å²) in [6.45, 7) is 6.19. The van der Waals surface area contributed by atoms with Gasteiger partial charge in [-0.15, -0.1) is 0 Å². The Morgan fingerprint density at radius 2 is 2.11 bits per heavy atom. The van der Waals surface area contributed by atoms with Crippen LogP contribution in [0.3, 0.4) is 0 Å². The molecule has 0 radical (unpaired) electrons. The van der Waals surface area contributed by atoms with E-state index in [9.17, 15) is 4.79 Å². The Bertz CT molecular complexity index is 476. The molecule has 0 aromatic carbocycles. The number of hydrogen-bond donors (Lipinski definition) is 1. The number of rotatable bonds is 3. The van der Waals surface area contributed by atoms with E-state index >= 15 is 0 Å². The zero-order valence-electron chi connectivity index (χ0n) is 11.6. The van der Waals surface area contributed by atoms with Gasteiger partial charge in [0.05, 0.1) is 0 Å². The maximum atomic E-state index is 11.1. The van der Waals surface area contributed by atoms with Crippen LogP contribution in [0.5, 0.6) is 5.88 Å². The molecule has 3 atom stereocenters. The van der Waals surface area contributed by atoms with Crippen molar-refractivity contribution in [2.75, 3.05) is 0 Å². The van der Waals surface area contributed by atoms with E-state index in [1.807, 2.05) is 0 Å². The fraction of sp³-hybridized carbons (Fsp3) is 0.643. The molecule has 1 heterocycles. The highest BCUT2D eigenvalue weighted by Gasteiger charge is 2.27. The average Bonchev–Trinajstić information content (AvgIpc) is 2.33. The third kappa shape index (κ3) is 3.22. The van der Waals surface area contributed by atoms with E-state index < -0.39 is 5.97 Å². The predicted octanol–water partition coefficient (Wildman–Crippen LogP) is 2.69. The molecule has 1 aliphatic rings. The van der Waals surface area contributed by atoms with Crippen molar-refractivity contribution in [3.05, 3.63) is 17.6 Å².